The summed E-state index contributed by atoms with van der Waals surface area (Å²) in [7, 11) is 0. The molecule has 17 heavy (non-hydrogen) atoms. The molecule has 3 rings (SSSR count). The van der Waals surface area contributed by atoms with E-state index in [0.717, 1.165) is 23.8 Å². The molecule has 0 aromatic carbocycles. The van der Waals surface area contributed by atoms with Gasteiger partial charge in [-0.05, 0) is 68.4 Å². The fraction of sp³-hybridized carbons (Fsp3) is 1.00. The predicted octanol–water partition coefficient (Wildman–Crippen LogP) is 2.40. The number of piperidine rings is 1. The van der Waals surface area contributed by atoms with Crippen molar-refractivity contribution in [2.75, 3.05) is 19.6 Å². The van der Waals surface area contributed by atoms with Gasteiger partial charge in [-0.2, -0.15) is 0 Å². The summed E-state index contributed by atoms with van der Waals surface area (Å²) in [5.74, 6) is 3.18. The monoisotopic (exact) mass is 236 g/mol. The molecule has 1 aliphatic heterocycles. The van der Waals surface area contributed by atoms with Crippen molar-refractivity contribution in [2.45, 2.75) is 52.0 Å². The highest BCUT2D eigenvalue weighted by molar-refractivity contribution is 4.95. The lowest BCUT2D eigenvalue weighted by Gasteiger charge is -2.40. The van der Waals surface area contributed by atoms with Gasteiger partial charge in [-0.25, -0.2) is 0 Å². The number of hydrogen-bond donors (Lipinski definition) is 2. The zero-order chi connectivity index (χ0) is 11.9. The Bertz CT molecular complexity index is 254. The molecule has 2 aliphatic carbocycles. The Morgan fingerprint density at radius 3 is 2.29 bits per heavy atom. The highest BCUT2D eigenvalue weighted by atomic mass is 15.0. The first kappa shape index (κ1) is 12.0. The van der Waals surface area contributed by atoms with Crippen LogP contribution in [0.4, 0.5) is 0 Å². The van der Waals surface area contributed by atoms with Crippen LogP contribution < -0.4 is 10.6 Å². The molecule has 98 valence electrons. The molecule has 2 saturated carbocycles. The van der Waals surface area contributed by atoms with Crippen LogP contribution in [0.25, 0.3) is 0 Å². The third-order valence-electron chi connectivity index (χ3n) is 5.19. The van der Waals surface area contributed by atoms with E-state index in [0.29, 0.717) is 5.41 Å². The molecule has 0 amide bonds. The molecular weight excluding hydrogens is 208 g/mol. The van der Waals surface area contributed by atoms with Gasteiger partial charge in [-0.3, -0.25) is 0 Å². The second kappa shape index (κ2) is 4.55. The van der Waals surface area contributed by atoms with Crippen molar-refractivity contribution < 1.29 is 0 Å². The largest absolute Gasteiger partial charge is 0.316 e. The average Bonchev–Trinajstić information content (AvgIpc) is 3.14. The second-order valence-corrected chi connectivity index (χ2v) is 7.25. The van der Waals surface area contributed by atoms with E-state index in [2.05, 4.69) is 24.5 Å². The maximum atomic E-state index is 3.91. The summed E-state index contributed by atoms with van der Waals surface area (Å²) in [6.07, 6.45) is 7.35. The molecule has 2 heteroatoms. The minimum atomic E-state index is 0.426. The van der Waals surface area contributed by atoms with Gasteiger partial charge in [0.15, 0.2) is 0 Å². The van der Waals surface area contributed by atoms with Crippen molar-refractivity contribution in [1.29, 1.82) is 0 Å². The summed E-state index contributed by atoms with van der Waals surface area (Å²) < 4.78 is 0. The van der Waals surface area contributed by atoms with Crippen molar-refractivity contribution in [1.82, 2.24) is 10.6 Å². The van der Waals surface area contributed by atoms with E-state index in [-0.39, 0.29) is 0 Å². The van der Waals surface area contributed by atoms with E-state index < -0.39 is 0 Å². The maximum Gasteiger partial charge on any atom is 0.0143 e. The average molecular weight is 236 g/mol. The molecule has 0 bridgehead atoms. The Balaban J connectivity index is 1.51. The van der Waals surface area contributed by atoms with E-state index in [1.54, 1.807) is 0 Å². The van der Waals surface area contributed by atoms with Gasteiger partial charge < -0.3 is 10.6 Å². The smallest absolute Gasteiger partial charge is 0.0143 e. The number of rotatable bonds is 5. The molecule has 1 saturated heterocycles. The van der Waals surface area contributed by atoms with Gasteiger partial charge in [-0.1, -0.05) is 13.8 Å². The topological polar surface area (TPSA) is 24.1 Å². The van der Waals surface area contributed by atoms with Crippen molar-refractivity contribution in [3.63, 3.8) is 0 Å². The molecule has 1 heterocycles. The lowest BCUT2D eigenvalue weighted by Crippen LogP contribution is -2.53. The van der Waals surface area contributed by atoms with E-state index >= 15 is 0 Å². The molecule has 3 fully saturated rings. The molecular formula is C15H28N2. The van der Waals surface area contributed by atoms with Gasteiger partial charge in [0.25, 0.3) is 0 Å². The first-order valence-electron chi connectivity index (χ1n) is 7.61. The Morgan fingerprint density at radius 2 is 1.76 bits per heavy atom. The van der Waals surface area contributed by atoms with Crippen LogP contribution >= 0.6 is 0 Å². The van der Waals surface area contributed by atoms with Gasteiger partial charge in [0.05, 0.1) is 0 Å². The fourth-order valence-electron chi connectivity index (χ4n) is 3.59. The quantitative estimate of drug-likeness (QED) is 0.766. The van der Waals surface area contributed by atoms with Crippen molar-refractivity contribution >= 4 is 0 Å². The zero-order valence-electron chi connectivity index (χ0n) is 11.5. The molecule has 3 aliphatic rings. The van der Waals surface area contributed by atoms with Crippen LogP contribution in [0.2, 0.25) is 0 Å². The lowest BCUT2D eigenvalue weighted by atomic mass is 9.79. The number of hydrogen-bond acceptors (Lipinski definition) is 2. The van der Waals surface area contributed by atoms with Crippen LogP contribution in [0.1, 0.15) is 46.0 Å². The van der Waals surface area contributed by atoms with Crippen LogP contribution in [-0.2, 0) is 0 Å². The third kappa shape index (κ3) is 2.85. The first-order valence-corrected chi connectivity index (χ1v) is 7.61. The third-order valence-corrected chi connectivity index (χ3v) is 5.19. The van der Waals surface area contributed by atoms with E-state index in [9.17, 15) is 0 Å². The minimum Gasteiger partial charge on any atom is -0.316 e. The maximum absolute atomic E-state index is 3.91. The van der Waals surface area contributed by atoms with Gasteiger partial charge in [0.1, 0.15) is 0 Å². The van der Waals surface area contributed by atoms with Crippen LogP contribution in [0.3, 0.4) is 0 Å². The Morgan fingerprint density at radius 1 is 1.12 bits per heavy atom. The summed E-state index contributed by atoms with van der Waals surface area (Å²) in [5, 5.41) is 7.44. The summed E-state index contributed by atoms with van der Waals surface area (Å²) in [6, 6.07) is 0.726. The van der Waals surface area contributed by atoms with E-state index in [4.69, 9.17) is 0 Å². The van der Waals surface area contributed by atoms with Crippen LogP contribution in [0.5, 0.6) is 0 Å². The fourth-order valence-corrected chi connectivity index (χ4v) is 3.59. The van der Waals surface area contributed by atoms with Gasteiger partial charge in [-0.15, -0.1) is 0 Å². The first-order chi connectivity index (χ1) is 8.17. The predicted molar refractivity (Wildman–Crippen MR) is 72.0 cm³/mol. The molecule has 2 N–H and O–H groups in total. The van der Waals surface area contributed by atoms with Gasteiger partial charge in [0.2, 0.25) is 0 Å². The van der Waals surface area contributed by atoms with Crippen LogP contribution in [-0.4, -0.2) is 25.7 Å². The summed E-state index contributed by atoms with van der Waals surface area (Å²) in [5.41, 5.74) is 0.426. The normalized spacial score (nSPS) is 33.0. The van der Waals surface area contributed by atoms with Gasteiger partial charge in [0, 0.05) is 12.6 Å². The van der Waals surface area contributed by atoms with E-state index in [1.165, 1.54) is 51.7 Å². The highest BCUT2D eigenvalue weighted by Crippen LogP contribution is 2.49. The lowest BCUT2D eigenvalue weighted by molar-refractivity contribution is 0.174. The highest BCUT2D eigenvalue weighted by Gasteiger charge is 2.42. The Hall–Kier alpha value is -0.0800. The van der Waals surface area contributed by atoms with Crippen molar-refractivity contribution in [3.8, 4) is 0 Å². The van der Waals surface area contributed by atoms with Gasteiger partial charge >= 0.3 is 0 Å². The molecule has 0 aromatic heterocycles. The van der Waals surface area contributed by atoms with E-state index in [1.807, 2.05) is 0 Å². The Kier molecular flexibility index (Phi) is 3.20. The molecule has 2 nitrogen and oxygen atoms in total. The summed E-state index contributed by atoms with van der Waals surface area (Å²) >= 11 is 0. The minimum absolute atomic E-state index is 0.426. The summed E-state index contributed by atoms with van der Waals surface area (Å²) in [6.45, 7) is 8.46. The standard InChI is InChI=1S/C15H28N2/c1-15(2)10-16-8-7-14(15)17-9-13(11-3-4-11)12-5-6-12/h11-14,16-17H,3-10H2,1-2H3. The SMILES string of the molecule is CC1(C)CNCCC1NCC(C1CC1)C1CC1. The van der Waals surface area contributed by atoms with Crippen LogP contribution in [0, 0.1) is 23.2 Å². The summed E-state index contributed by atoms with van der Waals surface area (Å²) in [4.78, 5) is 0. The molecule has 0 radical (unpaired) electrons. The molecule has 1 unspecified atom stereocenters. The molecule has 0 spiro atoms. The number of nitrogens with one attached hydrogen (secondary N) is 2. The zero-order valence-corrected chi connectivity index (χ0v) is 11.5. The molecule has 1 atom stereocenters. The van der Waals surface area contributed by atoms with Crippen molar-refractivity contribution in [3.05, 3.63) is 0 Å². The van der Waals surface area contributed by atoms with Crippen molar-refractivity contribution in [2.24, 2.45) is 23.2 Å². The molecule has 0 aromatic rings. The second-order valence-electron chi connectivity index (χ2n) is 7.25. The van der Waals surface area contributed by atoms with Crippen LogP contribution in [0.15, 0.2) is 0 Å². The Labute approximate surface area is 106 Å².